The summed E-state index contributed by atoms with van der Waals surface area (Å²) in [4.78, 5) is 32.0. The van der Waals surface area contributed by atoms with Crippen LogP contribution >= 0.6 is 0 Å². The number of ether oxygens (including phenoxy) is 1. The highest BCUT2D eigenvalue weighted by molar-refractivity contribution is 6.30. The van der Waals surface area contributed by atoms with Crippen LogP contribution in [0.1, 0.15) is 30.9 Å². The molecule has 3 heterocycles. The lowest BCUT2D eigenvalue weighted by Crippen LogP contribution is -2.28. The van der Waals surface area contributed by atoms with Gasteiger partial charge in [-0.25, -0.2) is 0 Å². The van der Waals surface area contributed by atoms with Crippen molar-refractivity contribution in [2.24, 2.45) is 0 Å². The average molecular weight is 375 g/mol. The minimum atomic E-state index is -0.250. The molecule has 0 radical (unpaired) electrons. The number of carbonyl (C=O) groups excluding carboxylic acids is 2. The van der Waals surface area contributed by atoms with E-state index in [0.717, 1.165) is 29.7 Å². The van der Waals surface area contributed by atoms with Crippen molar-refractivity contribution in [1.29, 1.82) is 0 Å². The predicted molar refractivity (Wildman–Crippen MR) is 106 cm³/mol. The van der Waals surface area contributed by atoms with Gasteiger partial charge >= 0.3 is 0 Å². The average Bonchev–Trinajstić information content (AvgIpc) is 3.22. The molecule has 1 aromatic carbocycles. The van der Waals surface area contributed by atoms with E-state index in [4.69, 9.17) is 4.74 Å². The van der Waals surface area contributed by atoms with Crippen LogP contribution in [0.25, 0.3) is 11.4 Å². The van der Waals surface area contributed by atoms with Crippen LogP contribution < -0.4 is 10.1 Å². The Morgan fingerprint density at radius 3 is 2.36 bits per heavy atom. The molecular weight excluding hydrogens is 354 g/mol. The fourth-order valence-electron chi connectivity index (χ4n) is 3.60. The zero-order valence-corrected chi connectivity index (χ0v) is 15.9. The van der Waals surface area contributed by atoms with Crippen molar-refractivity contribution in [2.75, 3.05) is 13.7 Å². The van der Waals surface area contributed by atoms with Crippen LogP contribution in [0.4, 0.5) is 0 Å². The first kappa shape index (κ1) is 18.0. The molecule has 6 nitrogen and oxygen atoms in total. The monoisotopic (exact) mass is 375 g/mol. The molecular formula is C22H21N3O3. The molecule has 0 spiro atoms. The Morgan fingerprint density at radius 1 is 1.00 bits per heavy atom. The standard InChI is InChI=1S/C22H21N3O3/c1-3-4-13-25-20(15-5-7-16(28-2)8-6-15)18-17(22(25)27)19(24-21(18)26)14-9-11-23-12-10-14/h5-12H,3-4,13H2,1-2H3,(H,24,26). The molecule has 0 fully saturated rings. The van der Waals surface area contributed by atoms with Crippen molar-refractivity contribution < 1.29 is 14.3 Å². The van der Waals surface area contributed by atoms with Crippen LogP contribution in [0.5, 0.6) is 5.75 Å². The maximum absolute atomic E-state index is 13.3. The maximum Gasteiger partial charge on any atom is 0.261 e. The highest BCUT2D eigenvalue weighted by Crippen LogP contribution is 2.42. The van der Waals surface area contributed by atoms with E-state index in [1.165, 1.54) is 0 Å². The minimum absolute atomic E-state index is 0.139. The molecule has 0 atom stereocenters. The molecule has 28 heavy (non-hydrogen) atoms. The second-order valence-electron chi connectivity index (χ2n) is 6.70. The van der Waals surface area contributed by atoms with Gasteiger partial charge in [-0.3, -0.25) is 14.6 Å². The smallest absolute Gasteiger partial charge is 0.261 e. The van der Waals surface area contributed by atoms with Crippen LogP contribution in [-0.4, -0.2) is 35.4 Å². The Labute approximate surface area is 163 Å². The third-order valence-corrected chi connectivity index (χ3v) is 5.00. The summed E-state index contributed by atoms with van der Waals surface area (Å²) in [6.07, 6.45) is 5.11. The molecule has 0 unspecified atom stereocenters. The molecule has 1 aromatic heterocycles. The third kappa shape index (κ3) is 2.87. The number of nitrogens with zero attached hydrogens (tertiary/aromatic N) is 2. The molecule has 6 heteroatoms. The van der Waals surface area contributed by atoms with E-state index in [0.29, 0.717) is 29.1 Å². The minimum Gasteiger partial charge on any atom is -0.497 e. The molecule has 1 N–H and O–H groups in total. The van der Waals surface area contributed by atoms with Crippen LogP contribution in [-0.2, 0) is 9.59 Å². The van der Waals surface area contributed by atoms with Crippen molar-refractivity contribution in [2.45, 2.75) is 19.8 Å². The number of hydrogen-bond donors (Lipinski definition) is 1. The normalized spacial score (nSPS) is 16.0. The number of amides is 2. The summed E-state index contributed by atoms with van der Waals surface area (Å²) in [7, 11) is 1.61. The van der Waals surface area contributed by atoms with Gasteiger partial charge in [-0.1, -0.05) is 13.3 Å². The molecule has 0 saturated heterocycles. The Hall–Kier alpha value is -3.41. The zero-order valence-electron chi connectivity index (χ0n) is 15.9. The number of benzene rings is 1. The fourth-order valence-corrected chi connectivity index (χ4v) is 3.60. The molecule has 0 saturated carbocycles. The van der Waals surface area contributed by atoms with Crippen molar-refractivity contribution >= 4 is 23.2 Å². The molecule has 0 aliphatic carbocycles. The molecule has 0 bridgehead atoms. The number of fused-ring (bicyclic) bond motifs is 1. The second kappa shape index (κ2) is 7.31. The quantitative estimate of drug-likeness (QED) is 0.843. The van der Waals surface area contributed by atoms with E-state index in [1.54, 1.807) is 36.5 Å². The number of methoxy groups -OCH3 is 1. The van der Waals surface area contributed by atoms with Gasteiger partial charge in [0.2, 0.25) is 0 Å². The molecule has 142 valence electrons. The summed E-state index contributed by atoms with van der Waals surface area (Å²) in [6.45, 7) is 2.65. The summed E-state index contributed by atoms with van der Waals surface area (Å²) in [5.74, 6) is 0.335. The van der Waals surface area contributed by atoms with Crippen LogP contribution in [0, 0.1) is 0 Å². The lowest BCUT2D eigenvalue weighted by Gasteiger charge is -2.21. The summed E-state index contributed by atoms with van der Waals surface area (Å²) in [5.41, 5.74) is 3.70. The Morgan fingerprint density at radius 2 is 1.71 bits per heavy atom. The summed E-state index contributed by atoms with van der Waals surface area (Å²) in [6, 6.07) is 11.0. The Balaban J connectivity index is 1.89. The van der Waals surface area contributed by atoms with E-state index in [9.17, 15) is 9.59 Å². The van der Waals surface area contributed by atoms with Gasteiger partial charge in [-0.05, 0) is 48.4 Å². The van der Waals surface area contributed by atoms with Gasteiger partial charge in [0.1, 0.15) is 5.75 Å². The van der Waals surface area contributed by atoms with Gasteiger partial charge in [0.25, 0.3) is 11.8 Å². The molecule has 2 aliphatic heterocycles. The first-order chi connectivity index (χ1) is 13.7. The lowest BCUT2D eigenvalue weighted by molar-refractivity contribution is -0.123. The first-order valence-electron chi connectivity index (χ1n) is 9.32. The number of unbranched alkanes of at least 4 members (excludes halogenated alkanes) is 1. The topological polar surface area (TPSA) is 71.5 Å². The van der Waals surface area contributed by atoms with E-state index in [-0.39, 0.29) is 11.8 Å². The molecule has 2 aromatic rings. The van der Waals surface area contributed by atoms with Gasteiger partial charge in [0, 0.05) is 24.5 Å². The second-order valence-corrected chi connectivity index (χ2v) is 6.70. The summed E-state index contributed by atoms with van der Waals surface area (Å²) >= 11 is 0. The number of aromatic nitrogens is 1. The van der Waals surface area contributed by atoms with E-state index >= 15 is 0 Å². The molecule has 4 rings (SSSR count). The highest BCUT2D eigenvalue weighted by atomic mass is 16.5. The number of nitrogens with one attached hydrogen (secondary N) is 1. The fraction of sp³-hybridized carbons (Fsp3) is 0.227. The maximum atomic E-state index is 13.3. The Kier molecular flexibility index (Phi) is 4.69. The van der Waals surface area contributed by atoms with Gasteiger partial charge in [-0.15, -0.1) is 0 Å². The largest absolute Gasteiger partial charge is 0.497 e. The number of pyridine rings is 1. The van der Waals surface area contributed by atoms with E-state index < -0.39 is 0 Å². The lowest BCUT2D eigenvalue weighted by atomic mass is 10.0. The molecule has 2 amide bonds. The van der Waals surface area contributed by atoms with Crippen molar-refractivity contribution in [3.8, 4) is 5.75 Å². The highest BCUT2D eigenvalue weighted by Gasteiger charge is 2.45. The first-order valence-corrected chi connectivity index (χ1v) is 9.32. The van der Waals surface area contributed by atoms with Crippen molar-refractivity contribution in [1.82, 2.24) is 15.2 Å². The number of hydrogen-bond acceptors (Lipinski definition) is 4. The van der Waals surface area contributed by atoms with Gasteiger partial charge in [-0.2, -0.15) is 0 Å². The zero-order chi connectivity index (χ0) is 19.7. The number of carbonyl (C=O) groups is 2. The van der Waals surface area contributed by atoms with Crippen LogP contribution in [0.3, 0.4) is 0 Å². The van der Waals surface area contributed by atoms with Gasteiger partial charge in [0.15, 0.2) is 0 Å². The summed E-state index contributed by atoms with van der Waals surface area (Å²) < 4.78 is 5.24. The van der Waals surface area contributed by atoms with Crippen LogP contribution in [0.2, 0.25) is 0 Å². The van der Waals surface area contributed by atoms with Gasteiger partial charge < -0.3 is 15.0 Å². The van der Waals surface area contributed by atoms with E-state index in [1.807, 2.05) is 24.3 Å². The molecule has 2 aliphatic rings. The third-order valence-electron chi connectivity index (χ3n) is 5.00. The summed E-state index contributed by atoms with van der Waals surface area (Å²) in [5, 5.41) is 2.88. The van der Waals surface area contributed by atoms with E-state index in [2.05, 4.69) is 17.2 Å². The SMILES string of the molecule is CCCCN1C(=O)C2=C(c3ccncc3)NC(=O)C2=C1c1ccc(OC)cc1. The Bertz CT molecular complexity index is 991. The van der Waals surface area contributed by atoms with Crippen LogP contribution in [0.15, 0.2) is 59.9 Å². The predicted octanol–water partition coefficient (Wildman–Crippen LogP) is 2.98. The van der Waals surface area contributed by atoms with Crippen molar-refractivity contribution in [3.05, 3.63) is 71.1 Å². The van der Waals surface area contributed by atoms with Crippen molar-refractivity contribution in [3.63, 3.8) is 0 Å². The number of rotatable bonds is 6. The van der Waals surface area contributed by atoms with Gasteiger partial charge in [0.05, 0.1) is 29.7 Å².